The third-order valence-corrected chi connectivity index (χ3v) is 6.17. The van der Waals surface area contributed by atoms with Crippen molar-refractivity contribution in [1.29, 1.82) is 0 Å². The Morgan fingerprint density at radius 3 is 2.59 bits per heavy atom. The van der Waals surface area contributed by atoms with Crippen molar-refractivity contribution in [2.45, 2.75) is 13.5 Å². The number of hydrogen-bond acceptors (Lipinski definition) is 9. The van der Waals surface area contributed by atoms with Crippen molar-refractivity contribution in [3.8, 4) is 23.0 Å². The van der Waals surface area contributed by atoms with E-state index >= 15 is 0 Å². The number of aromatic nitrogens is 4. The highest BCUT2D eigenvalue weighted by Gasteiger charge is 2.59. The Balaban J connectivity index is 1.32. The van der Waals surface area contributed by atoms with Gasteiger partial charge in [-0.3, -0.25) is 4.79 Å². The first kappa shape index (κ1) is 20.4. The number of piperidine rings is 1. The Morgan fingerprint density at radius 1 is 1.19 bits per heavy atom. The molecule has 166 valence electrons. The van der Waals surface area contributed by atoms with Crippen molar-refractivity contribution in [1.82, 2.24) is 30.8 Å². The number of nitrogen functional groups attached to an aromatic ring is 1. The number of nitrogens with two attached hydrogens (primary N) is 1. The van der Waals surface area contributed by atoms with E-state index in [1.165, 1.54) is 0 Å². The van der Waals surface area contributed by atoms with Gasteiger partial charge in [-0.2, -0.15) is 0 Å². The van der Waals surface area contributed by atoms with E-state index in [1.54, 1.807) is 6.20 Å². The molecule has 3 aromatic rings. The number of amides is 1. The molecule has 1 saturated carbocycles. The minimum absolute atomic E-state index is 0.116. The van der Waals surface area contributed by atoms with Crippen LogP contribution >= 0.6 is 0 Å². The van der Waals surface area contributed by atoms with E-state index in [9.17, 15) is 4.79 Å². The molecule has 1 saturated heterocycles. The van der Waals surface area contributed by atoms with E-state index in [0.29, 0.717) is 35.8 Å². The van der Waals surface area contributed by atoms with Gasteiger partial charge in [0.25, 0.3) is 5.89 Å². The predicted octanol–water partition coefficient (Wildman–Crippen LogP) is 1.31. The number of carbonyl (C=O) groups excluding carboxylic acids is 1. The first-order chi connectivity index (χ1) is 15.6. The molecule has 3 atom stereocenters. The third kappa shape index (κ3) is 3.66. The normalized spacial score (nSPS) is 21.4. The van der Waals surface area contributed by atoms with Gasteiger partial charge in [-0.1, -0.05) is 12.1 Å². The summed E-state index contributed by atoms with van der Waals surface area (Å²) in [7, 11) is 1.91. The van der Waals surface area contributed by atoms with Crippen LogP contribution in [0.25, 0.3) is 23.0 Å². The molecular formula is C22H26N8O2. The molecular weight excluding hydrogens is 408 g/mol. The average molecular weight is 435 g/mol. The van der Waals surface area contributed by atoms with E-state index in [1.807, 2.05) is 38.2 Å². The minimum Gasteiger partial charge on any atom is -0.414 e. The number of anilines is 2. The SMILES string of the molecule is CCNC(=O)C1[C@H]2CN(c3cnc(N)c(-c4nnc(-c5ccc(CNC)cc5)o4)n3)C[C@@H]12. The summed E-state index contributed by atoms with van der Waals surface area (Å²) in [6, 6.07) is 7.91. The molecule has 2 aliphatic rings. The first-order valence-electron chi connectivity index (χ1n) is 10.8. The van der Waals surface area contributed by atoms with Crippen molar-refractivity contribution < 1.29 is 9.21 Å². The predicted molar refractivity (Wildman–Crippen MR) is 119 cm³/mol. The zero-order valence-corrected chi connectivity index (χ0v) is 18.1. The standard InChI is InChI=1S/C22H26N8O2/c1-3-25-20(31)17-14-10-30(11-15(14)17)16-9-26-19(23)18(27-16)22-29-28-21(32-22)13-6-4-12(5-7-13)8-24-2/h4-7,9,14-15,17,24H,3,8,10-11H2,1-2H3,(H2,23,26)(H,25,31)/t14-,15+,17?. The molecule has 10 nitrogen and oxygen atoms in total. The summed E-state index contributed by atoms with van der Waals surface area (Å²) in [5, 5.41) is 14.3. The lowest BCUT2D eigenvalue weighted by Gasteiger charge is -2.20. The second-order valence-electron chi connectivity index (χ2n) is 8.25. The smallest absolute Gasteiger partial charge is 0.270 e. The third-order valence-electron chi connectivity index (χ3n) is 6.17. The molecule has 3 heterocycles. The molecule has 32 heavy (non-hydrogen) atoms. The van der Waals surface area contributed by atoms with Crippen molar-refractivity contribution in [3.63, 3.8) is 0 Å². The number of nitrogens with zero attached hydrogens (tertiary/aromatic N) is 5. The van der Waals surface area contributed by atoms with Crippen molar-refractivity contribution in [2.75, 3.05) is 37.3 Å². The quantitative estimate of drug-likeness (QED) is 0.503. The second kappa shape index (κ2) is 8.19. The fraction of sp³-hybridized carbons (Fsp3) is 0.409. The molecule has 0 spiro atoms. The van der Waals surface area contributed by atoms with Crippen LogP contribution in [0, 0.1) is 17.8 Å². The van der Waals surface area contributed by atoms with Gasteiger partial charge in [-0.25, -0.2) is 9.97 Å². The van der Waals surface area contributed by atoms with Gasteiger partial charge in [0.05, 0.1) is 6.20 Å². The molecule has 1 amide bonds. The van der Waals surface area contributed by atoms with Gasteiger partial charge in [-0.05, 0) is 43.5 Å². The molecule has 1 aromatic carbocycles. The Bertz CT molecular complexity index is 1120. The van der Waals surface area contributed by atoms with Crippen molar-refractivity contribution in [3.05, 3.63) is 36.0 Å². The highest BCUT2D eigenvalue weighted by molar-refractivity contribution is 5.83. The molecule has 0 bridgehead atoms. The van der Waals surface area contributed by atoms with Gasteiger partial charge in [0.15, 0.2) is 11.5 Å². The molecule has 10 heteroatoms. The van der Waals surface area contributed by atoms with Crippen LogP contribution in [0.3, 0.4) is 0 Å². The van der Waals surface area contributed by atoms with Gasteiger partial charge < -0.3 is 25.7 Å². The van der Waals surface area contributed by atoms with Gasteiger partial charge >= 0.3 is 0 Å². The van der Waals surface area contributed by atoms with Gasteiger partial charge in [0.1, 0.15) is 5.82 Å². The number of benzene rings is 1. The number of carbonyl (C=O) groups is 1. The topological polar surface area (TPSA) is 135 Å². The highest BCUT2D eigenvalue weighted by atomic mass is 16.4. The lowest BCUT2D eigenvalue weighted by atomic mass is 10.1. The van der Waals surface area contributed by atoms with E-state index < -0.39 is 0 Å². The zero-order chi connectivity index (χ0) is 22.2. The zero-order valence-electron chi connectivity index (χ0n) is 18.1. The maximum atomic E-state index is 12.1. The van der Waals surface area contributed by atoms with Crippen molar-refractivity contribution >= 4 is 17.5 Å². The summed E-state index contributed by atoms with van der Waals surface area (Å²) in [6.07, 6.45) is 1.66. The molecule has 2 fully saturated rings. The average Bonchev–Trinajstić information content (AvgIpc) is 3.13. The van der Waals surface area contributed by atoms with Crippen molar-refractivity contribution in [2.24, 2.45) is 17.8 Å². The van der Waals surface area contributed by atoms with Crippen LogP contribution in [-0.4, -0.2) is 52.8 Å². The first-order valence-corrected chi connectivity index (χ1v) is 10.8. The van der Waals surface area contributed by atoms with Gasteiger partial charge in [0.2, 0.25) is 11.8 Å². The van der Waals surface area contributed by atoms with E-state index in [-0.39, 0.29) is 23.5 Å². The van der Waals surface area contributed by atoms with E-state index in [0.717, 1.165) is 30.8 Å². The molecule has 1 aliphatic carbocycles. The minimum atomic E-state index is 0.116. The van der Waals surface area contributed by atoms with Crippen LogP contribution in [0.5, 0.6) is 0 Å². The number of fused-ring (bicyclic) bond motifs is 1. The Hall–Kier alpha value is -3.53. The number of rotatable bonds is 7. The monoisotopic (exact) mass is 434 g/mol. The lowest BCUT2D eigenvalue weighted by Crippen LogP contribution is -2.32. The summed E-state index contributed by atoms with van der Waals surface area (Å²) in [5.41, 5.74) is 8.43. The molecule has 2 aromatic heterocycles. The summed E-state index contributed by atoms with van der Waals surface area (Å²) >= 11 is 0. The summed E-state index contributed by atoms with van der Waals surface area (Å²) in [5.74, 6) is 2.57. The maximum Gasteiger partial charge on any atom is 0.270 e. The lowest BCUT2D eigenvalue weighted by molar-refractivity contribution is -0.122. The molecule has 1 aliphatic heterocycles. The number of nitrogens with one attached hydrogen (secondary N) is 2. The largest absolute Gasteiger partial charge is 0.414 e. The summed E-state index contributed by atoms with van der Waals surface area (Å²) < 4.78 is 5.87. The Kier molecular flexibility index (Phi) is 5.22. The Labute approximate surface area is 185 Å². The highest BCUT2D eigenvalue weighted by Crippen LogP contribution is 2.52. The van der Waals surface area contributed by atoms with Crippen LogP contribution in [0.2, 0.25) is 0 Å². The summed E-state index contributed by atoms with van der Waals surface area (Å²) in [4.78, 5) is 23.2. The molecule has 1 unspecified atom stereocenters. The van der Waals surface area contributed by atoms with Crippen LogP contribution in [0.4, 0.5) is 11.6 Å². The van der Waals surface area contributed by atoms with Crippen LogP contribution in [0.1, 0.15) is 12.5 Å². The summed E-state index contributed by atoms with van der Waals surface area (Å²) in [6.45, 7) is 4.95. The van der Waals surface area contributed by atoms with Gasteiger partial charge in [-0.15, -0.1) is 10.2 Å². The van der Waals surface area contributed by atoms with E-state index in [2.05, 4.69) is 35.7 Å². The fourth-order valence-electron chi connectivity index (χ4n) is 4.50. The molecule has 4 N–H and O–H groups in total. The maximum absolute atomic E-state index is 12.1. The molecule has 5 rings (SSSR count). The second-order valence-corrected chi connectivity index (χ2v) is 8.25. The Morgan fingerprint density at radius 2 is 1.91 bits per heavy atom. The van der Waals surface area contributed by atoms with Gasteiger partial charge in [0, 0.05) is 37.7 Å². The number of hydrogen-bond donors (Lipinski definition) is 3. The van der Waals surface area contributed by atoms with Crippen LogP contribution in [0.15, 0.2) is 34.9 Å². The van der Waals surface area contributed by atoms with Crippen LogP contribution in [-0.2, 0) is 11.3 Å². The van der Waals surface area contributed by atoms with Crippen LogP contribution < -0.4 is 21.3 Å². The fourth-order valence-corrected chi connectivity index (χ4v) is 4.50. The molecule has 0 radical (unpaired) electrons. The van der Waals surface area contributed by atoms with E-state index in [4.69, 9.17) is 10.2 Å².